The van der Waals surface area contributed by atoms with Gasteiger partial charge in [0.25, 0.3) is 0 Å². The number of hydrogen-bond donors (Lipinski definition) is 0. The van der Waals surface area contributed by atoms with Gasteiger partial charge in [0, 0.05) is 45.1 Å². The maximum Gasteiger partial charge on any atom is 0.0645 e. The molecule has 1 atom stereocenters. The second-order valence-electron chi connectivity index (χ2n) is 10.1. The number of para-hydroxylation sites is 3. The first-order valence-corrected chi connectivity index (χ1v) is 14.3. The highest BCUT2D eigenvalue weighted by molar-refractivity contribution is 6.07. The van der Waals surface area contributed by atoms with Gasteiger partial charge in [-0.2, -0.15) is 0 Å². The van der Waals surface area contributed by atoms with Crippen LogP contribution in [0.15, 0.2) is 193 Å². The fraction of sp³-hybridized carbons (Fsp3) is 0.0417. The molecule has 0 fully saturated rings. The maximum atomic E-state index is 10.4. The van der Waals surface area contributed by atoms with Gasteiger partial charge in [-0.25, -0.2) is 0 Å². The number of nitrogens with zero attached hydrogens (tertiary/aromatic N) is 2. The summed E-state index contributed by atoms with van der Waals surface area (Å²) in [5, 5.41) is -1.94. The van der Waals surface area contributed by atoms with E-state index >= 15 is 0 Å². The summed E-state index contributed by atoms with van der Waals surface area (Å²) in [6.45, 7) is -4.12. The first-order chi connectivity index (χ1) is 39.6. The second-order valence-corrected chi connectivity index (χ2v) is 10.1. The van der Waals surface area contributed by atoms with Crippen LogP contribution < -0.4 is 9.80 Å². The summed E-state index contributed by atoms with van der Waals surface area (Å²) >= 11 is 0. The van der Waals surface area contributed by atoms with Crippen molar-refractivity contribution < 1.29 is 49.3 Å². The van der Waals surface area contributed by atoms with Gasteiger partial charge < -0.3 is 9.80 Å². The summed E-state index contributed by atoms with van der Waals surface area (Å²) in [5.41, 5.74) is -15.0. The van der Waals surface area contributed by atoms with E-state index in [0.29, 0.717) is 4.90 Å². The molecule has 0 aromatic heterocycles. The van der Waals surface area contributed by atoms with E-state index in [1.807, 2.05) is 0 Å². The Labute approximate surface area is 344 Å². The Hall–Kier alpha value is -6.38. The van der Waals surface area contributed by atoms with Gasteiger partial charge in [-0.3, -0.25) is 0 Å². The molecule has 1 aliphatic heterocycles. The molecule has 0 radical (unpaired) electrons. The van der Waals surface area contributed by atoms with Gasteiger partial charge in [-0.05, 0) is 81.5 Å². The molecule has 8 aromatic carbocycles. The van der Waals surface area contributed by atoms with Crippen LogP contribution in [0.25, 0.3) is 33.0 Å². The molecule has 0 saturated carbocycles. The fourth-order valence-electron chi connectivity index (χ4n) is 5.37. The SMILES string of the molecule is [2H]c1c([2H])c([2H])c(-c2c([2H])c([2H])c3c([2H])c([2H])c([2H])c([2H])c3c2N2c3c([2H])c([2H])c([2H])c([2H])c3C([2H])(C([2H])([2H])[2H])c3c(-c4c([2H])c([2H])c(N(c5c([2H])c([2H])c([2H])c([2H])c5[2H])c5c([2H])c([2H])c([2H])c([2H])c5[2H])c([2H])c4[2H])c([2H])c([2H])c([2H])c32)c([2H])c1[2H]. The van der Waals surface area contributed by atoms with Gasteiger partial charge in [-0.15, -0.1) is 0 Å². The fourth-order valence-corrected chi connectivity index (χ4v) is 5.37. The quantitative estimate of drug-likeness (QED) is 0.173. The summed E-state index contributed by atoms with van der Waals surface area (Å²) in [5.74, 6) is -3.96. The third-order valence-electron chi connectivity index (χ3n) is 7.42. The van der Waals surface area contributed by atoms with Crippen molar-refractivity contribution in [3.8, 4) is 22.3 Å². The average Bonchev–Trinajstić information content (AvgIpc) is 0.676. The van der Waals surface area contributed by atoms with E-state index in [0.717, 1.165) is 0 Å². The zero-order chi connectivity index (χ0) is 64.7. The molecule has 1 aliphatic rings. The summed E-state index contributed by atoms with van der Waals surface area (Å²) in [7, 11) is 0. The minimum Gasteiger partial charge on any atom is -0.311 e. The van der Waals surface area contributed by atoms with Crippen LogP contribution in [-0.2, 0) is 0 Å². The van der Waals surface area contributed by atoms with Gasteiger partial charge in [0.15, 0.2) is 0 Å². The van der Waals surface area contributed by atoms with E-state index in [9.17, 15) is 17.8 Å². The van der Waals surface area contributed by atoms with Gasteiger partial charge in [-0.1, -0.05) is 152 Å². The van der Waals surface area contributed by atoms with E-state index in [-0.39, 0.29) is 4.90 Å². The highest BCUT2D eigenvalue weighted by Crippen LogP contribution is 2.55. The van der Waals surface area contributed by atoms with E-state index < -0.39 is 284 Å². The molecule has 50 heavy (non-hydrogen) atoms. The molecule has 0 aliphatic carbocycles. The van der Waals surface area contributed by atoms with Gasteiger partial charge in [0.05, 0.1) is 55.2 Å². The van der Waals surface area contributed by atoms with Crippen molar-refractivity contribution >= 4 is 44.9 Å². The van der Waals surface area contributed by atoms with Gasteiger partial charge >= 0.3 is 0 Å². The van der Waals surface area contributed by atoms with Crippen molar-refractivity contribution in [3.63, 3.8) is 0 Å². The second kappa shape index (κ2) is 12.6. The van der Waals surface area contributed by atoms with Crippen LogP contribution in [0.2, 0.25) is 0 Å². The molecule has 0 spiro atoms. The molecule has 1 heterocycles. The molecule has 0 amide bonds. The lowest BCUT2D eigenvalue weighted by atomic mass is 9.81. The van der Waals surface area contributed by atoms with Crippen molar-refractivity contribution in [2.24, 2.45) is 0 Å². The topological polar surface area (TPSA) is 6.48 Å². The van der Waals surface area contributed by atoms with Crippen LogP contribution >= 0.6 is 0 Å². The summed E-state index contributed by atoms with van der Waals surface area (Å²) in [6, 6.07) is -39.5. The lowest BCUT2D eigenvalue weighted by Crippen LogP contribution is -2.22. The number of fused-ring (bicyclic) bond motifs is 3. The molecule has 0 saturated heterocycles. The van der Waals surface area contributed by atoms with Gasteiger partial charge in [0.2, 0.25) is 0 Å². The lowest BCUT2D eigenvalue weighted by Gasteiger charge is -2.39. The molecule has 1 unspecified atom stereocenters. The van der Waals surface area contributed by atoms with Crippen LogP contribution in [0.4, 0.5) is 34.1 Å². The standard InChI is InChI=1S/C48H36N2/c1-34-41-23-13-14-26-45(41)50(48-43-24-12-11-18-36(43)30-33-44(48)35-16-5-2-6-17-35)46-27-15-25-42(47(34)46)37-28-31-40(32-29-37)49(38-19-7-3-8-20-38)39-21-9-4-10-22-39/h2-34H,1H3/i1D3,2D,3D,4D,5D,6D,7D,8D,9D,10D,11D,12D,13D,14D,15D,16D,17D,18D,19D,20D,21D,22D,23D,24D,25D,26D,27D,28D,29D,30D,31D,32D,33D,34D. The predicted octanol–water partition coefficient (Wildman–Crippen LogP) is 13.6. The average molecular weight is 677 g/mol. The summed E-state index contributed by atoms with van der Waals surface area (Å²) < 4.78 is 327. The number of benzene rings is 8. The molecule has 2 heteroatoms. The van der Waals surface area contributed by atoms with E-state index in [2.05, 4.69) is 0 Å². The molecule has 9 rings (SSSR count). The van der Waals surface area contributed by atoms with E-state index in [4.69, 9.17) is 31.5 Å². The highest BCUT2D eigenvalue weighted by Gasteiger charge is 2.33. The zero-order valence-electron chi connectivity index (χ0n) is 60.9. The van der Waals surface area contributed by atoms with Crippen LogP contribution in [0.3, 0.4) is 0 Å². The predicted molar refractivity (Wildman–Crippen MR) is 212 cm³/mol. The third kappa shape index (κ3) is 5.05. The first-order valence-electron chi connectivity index (χ1n) is 32.3. The van der Waals surface area contributed by atoms with E-state index in [1.165, 1.54) is 0 Å². The molecule has 238 valence electrons. The Bertz CT molecular complexity index is 4270. The normalized spacial score (nSPS) is 25.3. The van der Waals surface area contributed by atoms with Crippen molar-refractivity contribution in [1.29, 1.82) is 0 Å². The van der Waals surface area contributed by atoms with Crippen molar-refractivity contribution in [3.05, 3.63) is 204 Å². The third-order valence-corrected chi connectivity index (χ3v) is 7.42. The Balaban J connectivity index is 1.61. The molecular weight excluding hydrogens is 605 g/mol. The van der Waals surface area contributed by atoms with Crippen molar-refractivity contribution in [2.75, 3.05) is 9.80 Å². The molecule has 2 nitrogen and oxygen atoms in total. The zero-order valence-corrected chi connectivity index (χ0v) is 24.9. The van der Waals surface area contributed by atoms with E-state index in [1.54, 1.807) is 0 Å². The Morgan fingerprint density at radius 3 is 1.80 bits per heavy atom. The van der Waals surface area contributed by atoms with Crippen LogP contribution in [0.1, 0.15) is 73.2 Å². The van der Waals surface area contributed by atoms with Crippen molar-refractivity contribution in [1.82, 2.24) is 0 Å². The summed E-state index contributed by atoms with van der Waals surface area (Å²) in [6.07, 6.45) is 0. The Morgan fingerprint density at radius 2 is 1.08 bits per heavy atom. The smallest absolute Gasteiger partial charge is 0.0645 e. The maximum absolute atomic E-state index is 10.4. The first kappa shape index (κ1) is 10.3. The number of anilines is 6. The van der Waals surface area contributed by atoms with Crippen LogP contribution in [-0.4, -0.2) is 0 Å². The number of hydrogen-bond acceptors (Lipinski definition) is 2. The molecule has 0 bridgehead atoms. The lowest BCUT2D eigenvalue weighted by molar-refractivity contribution is 0.895. The van der Waals surface area contributed by atoms with Gasteiger partial charge in [0.1, 0.15) is 0 Å². The monoisotopic (exact) mass is 677 g/mol. The summed E-state index contributed by atoms with van der Waals surface area (Å²) in [4.78, 5) is 0.613. The Morgan fingerprint density at radius 1 is 0.500 bits per heavy atom. The van der Waals surface area contributed by atoms with Crippen molar-refractivity contribution in [2.45, 2.75) is 12.7 Å². The molecular formula is C48H36N2. The molecule has 8 aromatic rings. The highest BCUT2D eigenvalue weighted by atomic mass is 15.2. The largest absolute Gasteiger partial charge is 0.311 e. The minimum atomic E-state index is -4.12. The Kier molecular flexibility index (Phi) is 2.60. The minimum absolute atomic E-state index is 0.248. The van der Waals surface area contributed by atoms with Crippen LogP contribution in [0.5, 0.6) is 0 Å². The number of rotatable bonds is 6. The molecule has 0 N–H and O–H groups in total. The van der Waals surface area contributed by atoms with Crippen LogP contribution in [0, 0.1) is 0 Å².